The van der Waals surface area contributed by atoms with Crippen molar-refractivity contribution in [1.82, 2.24) is 0 Å². The Kier molecular flexibility index (Phi) is 11.1. The van der Waals surface area contributed by atoms with Crippen molar-refractivity contribution < 1.29 is 4.39 Å². The number of allylic oxidation sites excluding steroid dienone is 3. The Morgan fingerprint density at radius 3 is 2.25 bits per heavy atom. The lowest BCUT2D eigenvalue weighted by atomic mass is 9.62. The number of rotatable bonds is 13. The van der Waals surface area contributed by atoms with Crippen LogP contribution in [0.3, 0.4) is 0 Å². The van der Waals surface area contributed by atoms with Gasteiger partial charge in [-0.25, -0.2) is 0 Å². The zero-order valence-electron chi connectivity index (χ0n) is 20.1. The van der Waals surface area contributed by atoms with E-state index in [0.717, 1.165) is 37.0 Å². The lowest BCUT2D eigenvalue weighted by molar-refractivity contribution is 0.0750. The molecule has 3 unspecified atom stereocenters. The molecule has 3 atom stereocenters. The van der Waals surface area contributed by atoms with E-state index in [1.807, 2.05) is 0 Å². The normalized spacial score (nSPS) is 19.8. The molecular formula is C27H49F. The second-order valence-electron chi connectivity index (χ2n) is 10.7. The van der Waals surface area contributed by atoms with Gasteiger partial charge in [0.25, 0.3) is 0 Å². The molecule has 0 bridgehead atoms. The van der Waals surface area contributed by atoms with Gasteiger partial charge in [0.15, 0.2) is 0 Å². The van der Waals surface area contributed by atoms with E-state index in [9.17, 15) is 4.39 Å². The van der Waals surface area contributed by atoms with E-state index >= 15 is 0 Å². The standard InChI is InChI=1S/C27H49F/c1-9-22(6)26(27(7,8)25-12-10-11-13-25)17-15-23(18-20(2)3)14-16-24(19-28)21(4)5/h15,21-22,24-26H,2,9-14,16-19H2,1,3-8H3. The van der Waals surface area contributed by atoms with Gasteiger partial charge in [-0.15, -0.1) is 0 Å². The average molecular weight is 393 g/mol. The molecule has 0 amide bonds. The Hall–Kier alpha value is -0.590. The van der Waals surface area contributed by atoms with Crippen molar-refractivity contribution in [2.75, 3.05) is 6.67 Å². The molecule has 0 radical (unpaired) electrons. The lowest BCUT2D eigenvalue weighted by Gasteiger charge is -2.42. The third-order valence-electron chi connectivity index (χ3n) is 7.86. The van der Waals surface area contributed by atoms with Gasteiger partial charge in [-0.1, -0.05) is 84.6 Å². The molecule has 0 aliphatic heterocycles. The molecular weight excluding hydrogens is 343 g/mol. The Labute approximate surface area is 176 Å². The van der Waals surface area contributed by atoms with Gasteiger partial charge in [-0.2, -0.15) is 0 Å². The van der Waals surface area contributed by atoms with Gasteiger partial charge >= 0.3 is 0 Å². The molecule has 1 fully saturated rings. The van der Waals surface area contributed by atoms with Crippen LogP contribution in [0.4, 0.5) is 4.39 Å². The van der Waals surface area contributed by atoms with Crippen LogP contribution in [0.25, 0.3) is 0 Å². The van der Waals surface area contributed by atoms with Crippen LogP contribution < -0.4 is 0 Å². The SMILES string of the molecule is C=C(C)CC(=CCC(C(C)CC)C(C)(C)C1CCCC1)CCC(CF)C(C)C. The molecule has 1 rings (SSSR count). The molecule has 1 aliphatic rings. The van der Waals surface area contributed by atoms with Crippen molar-refractivity contribution in [1.29, 1.82) is 0 Å². The fraction of sp³-hybridized carbons (Fsp3) is 0.852. The molecule has 1 saturated carbocycles. The van der Waals surface area contributed by atoms with Crippen LogP contribution >= 0.6 is 0 Å². The molecule has 0 aromatic carbocycles. The monoisotopic (exact) mass is 392 g/mol. The van der Waals surface area contributed by atoms with Gasteiger partial charge in [0.05, 0.1) is 6.67 Å². The Bertz CT molecular complexity index is 478. The molecule has 0 N–H and O–H groups in total. The molecule has 1 heteroatoms. The predicted molar refractivity (Wildman–Crippen MR) is 124 cm³/mol. The van der Waals surface area contributed by atoms with Crippen LogP contribution in [0.1, 0.15) is 106 Å². The van der Waals surface area contributed by atoms with Crippen LogP contribution in [0.5, 0.6) is 0 Å². The summed E-state index contributed by atoms with van der Waals surface area (Å²) in [4.78, 5) is 0. The molecule has 0 heterocycles. The average Bonchev–Trinajstić information content (AvgIpc) is 3.16. The van der Waals surface area contributed by atoms with Crippen LogP contribution in [0.15, 0.2) is 23.8 Å². The zero-order valence-corrected chi connectivity index (χ0v) is 20.1. The molecule has 0 aromatic rings. The van der Waals surface area contributed by atoms with Crippen molar-refractivity contribution >= 4 is 0 Å². The maximum absolute atomic E-state index is 13.4. The fourth-order valence-electron chi connectivity index (χ4n) is 5.43. The third-order valence-corrected chi connectivity index (χ3v) is 7.86. The van der Waals surface area contributed by atoms with E-state index < -0.39 is 0 Å². The van der Waals surface area contributed by atoms with Crippen LogP contribution in [0, 0.1) is 35.0 Å². The highest BCUT2D eigenvalue weighted by atomic mass is 19.1. The van der Waals surface area contributed by atoms with Crippen LogP contribution in [-0.4, -0.2) is 6.67 Å². The highest BCUT2D eigenvalue weighted by Crippen LogP contribution is 2.49. The van der Waals surface area contributed by atoms with Gasteiger partial charge in [0, 0.05) is 0 Å². The minimum atomic E-state index is -0.192. The quantitative estimate of drug-likeness (QED) is 0.274. The van der Waals surface area contributed by atoms with Crippen LogP contribution in [-0.2, 0) is 0 Å². The van der Waals surface area contributed by atoms with E-state index in [2.05, 4.69) is 61.1 Å². The second-order valence-corrected chi connectivity index (χ2v) is 10.7. The fourth-order valence-corrected chi connectivity index (χ4v) is 5.43. The molecule has 0 spiro atoms. The first-order chi connectivity index (χ1) is 13.1. The van der Waals surface area contributed by atoms with E-state index in [1.54, 1.807) is 0 Å². The minimum Gasteiger partial charge on any atom is -0.251 e. The van der Waals surface area contributed by atoms with E-state index in [4.69, 9.17) is 0 Å². The summed E-state index contributed by atoms with van der Waals surface area (Å²) in [6.07, 6.45) is 13.6. The summed E-state index contributed by atoms with van der Waals surface area (Å²) in [6, 6.07) is 0. The smallest absolute Gasteiger partial charge is 0.0925 e. The molecule has 28 heavy (non-hydrogen) atoms. The Balaban J connectivity index is 2.94. The Morgan fingerprint density at radius 1 is 1.18 bits per heavy atom. The highest BCUT2D eigenvalue weighted by Gasteiger charge is 2.39. The lowest BCUT2D eigenvalue weighted by Crippen LogP contribution is -2.35. The topological polar surface area (TPSA) is 0 Å². The summed E-state index contributed by atoms with van der Waals surface area (Å²) in [7, 11) is 0. The molecule has 164 valence electrons. The summed E-state index contributed by atoms with van der Waals surface area (Å²) in [5.74, 6) is 2.95. The van der Waals surface area contributed by atoms with Gasteiger partial charge < -0.3 is 0 Å². The van der Waals surface area contributed by atoms with E-state index in [0.29, 0.717) is 11.3 Å². The summed E-state index contributed by atoms with van der Waals surface area (Å²) < 4.78 is 13.4. The van der Waals surface area contributed by atoms with Gasteiger partial charge in [0.1, 0.15) is 0 Å². The molecule has 0 aromatic heterocycles. The largest absolute Gasteiger partial charge is 0.251 e. The van der Waals surface area contributed by atoms with E-state index in [-0.39, 0.29) is 12.6 Å². The minimum absolute atomic E-state index is 0.189. The van der Waals surface area contributed by atoms with Crippen molar-refractivity contribution in [2.24, 2.45) is 35.0 Å². The predicted octanol–water partition coefficient (Wildman–Crippen LogP) is 9.17. The zero-order chi connectivity index (χ0) is 21.3. The van der Waals surface area contributed by atoms with Crippen molar-refractivity contribution in [2.45, 2.75) is 106 Å². The van der Waals surface area contributed by atoms with Gasteiger partial charge in [0.2, 0.25) is 0 Å². The number of hydrogen-bond acceptors (Lipinski definition) is 0. The van der Waals surface area contributed by atoms with Crippen molar-refractivity contribution in [3.05, 3.63) is 23.8 Å². The number of halogens is 1. The van der Waals surface area contributed by atoms with Gasteiger partial charge in [-0.05, 0) is 80.5 Å². The second kappa shape index (κ2) is 12.2. The molecule has 0 nitrogen and oxygen atoms in total. The van der Waals surface area contributed by atoms with Gasteiger partial charge in [-0.3, -0.25) is 4.39 Å². The summed E-state index contributed by atoms with van der Waals surface area (Å²) >= 11 is 0. The van der Waals surface area contributed by atoms with Crippen LogP contribution in [0.2, 0.25) is 0 Å². The highest BCUT2D eigenvalue weighted by molar-refractivity contribution is 5.12. The maximum Gasteiger partial charge on any atom is 0.0925 e. The number of alkyl halides is 1. The van der Waals surface area contributed by atoms with Crippen molar-refractivity contribution in [3.8, 4) is 0 Å². The summed E-state index contributed by atoms with van der Waals surface area (Å²) in [6.45, 7) is 20.2. The molecule has 0 saturated heterocycles. The summed E-state index contributed by atoms with van der Waals surface area (Å²) in [5.41, 5.74) is 3.11. The maximum atomic E-state index is 13.4. The van der Waals surface area contributed by atoms with Crippen molar-refractivity contribution in [3.63, 3.8) is 0 Å². The first kappa shape index (κ1) is 25.4. The third kappa shape index (κ3) is 7.68. The molecule has 1 aliphatic carbocycles. The summed E-state index contributed by atoms with van der Waals surface area (Å²) in [5, 5.41) is 0. The number of hydrogen-bond donors (Lipinski definition) is 0. The Morgan fingerprint density at radius 2 is 1.79 bits per heavy atom. The first-order valence-corrected chi connectivity index (χ1v) is 12.0. The first-order valence-electron chi connectivity index (χ1n) is 12.0. The van der Waals surface area contributed by atoms with E-state index in [1.165, 1.54) is 49.7 Å².